The topological polar surface area (TPSA) is 76.9 Å². The zero-order chi connectivity index (χ0) is 16.2. The summed E-state index contributed by atoms with van der Waals surface area (Å²) in [5, 5.41) is 7.42. The number of aryl methyl sites for hydroxylation is 1. The number of aromatic nitrogens is 3. The van der Waals surface area contributed by atoms with Gasteiger partial charge in [0.1, 0.15) is 0 Å². The second kappa shape index (κ2) is 6.39. The molecule has 0 unspecified atom stereocenters. The van der Waals surface area contributed by atoms with Crippen LogP contribution in [0.4, 0.5) is 0 Å². The van der Waals surface area contributed by atoms with Gasteiger partial charge in [-0.15, -0.1) is 0 Å². The molecule has 23 heavy (non-hydrogen) atoms. The predicted molar refractivity (Wildman–Crippen MR) is 87.1 cm³/mol. The van der Waals surface area contributed by atoms with Gasteiger partial charge in [0, 0.05) is 30.9 Å². The number of nitrogens with zero attached hydrogens (tertiary/aromatic N) is 3. The first-order chi connectivity index (χ1) is 11.2. The van der Waals surface area contributed by atoms with Crippen LogP contribution in [0.15, 0.2) is 53.6 Å². The molecule has 1 aromatic carbocycles. The summed E-state index contributed by atoms with van der Waals surface area (Å²) in [7, 11) is 0. The Morgan fingerprint density at radius 1 is 1.22 bits per heavy atom. The van der Waals surface area contributed by atoms with E-state index in [1.54, 1.807) is 35.3 Å². The average Bonchev–Trinajstić information content (AvgIpc) is 2.61. The molecule has 1 N–H and O–H groups in total. The zero-order valence-corrected chi connectivity index (χ0v) is 12.7. The molecule has 116 valence electrons. The highest BCUT2D eigenvalue weighted by Crippen LogP contribution is 2.09. The van der Waals surface area contributed by atoms with Crippen molar-refractivity contribution in [2.45, 2.75) is 20.0 Å². The quantitative estimate of drug-likeness (QED) is 0.796. The largest absolute Gasteiger partial charge is 0.346 e. The molecule has 6 heteroatoms. The maximum atomic E-state index is 12.5. The fourth-order valence-corrected chi connectivity index (χ4v) is 2.40. The van der Waals surface area contributed by atoms with Crippen LogP contribution in [0.25, 0.3) is 10.9 Å². The Balaban J connectivity index is 1.94. The van der Waals surface area contributed by atoms with Gasteiger partial charge in [-0.3, -0.25) is 19.3 Å². The van der Waals surface area contributed by atoms with Crippen LogP contribution in [0.2, 0.25) is 0 Å². The molecule has 0 saturated heterocycles. The third-order valence-electron chi connectivity index (χ3n) is 3.55. The van der Waals surface area contributed by atoms with Crippen LogP contribution in [-0.4, -0.2) is 20.7 Å². The number of nitrogens with one attached hydrogen (secondary N) is 1. The van der Waals surface area contributed by atoms with Gasteiger partial charge in [-0.25, -0.2) is 0 Å². The zero-order valence-electron chi connectivity index (χ0n) is 12.7. The summed E-state index contributed by atoms with van der Waals surface area (Å²) < 4.78 is 1.66. The Hall–Kier alpha value is -3.02. The standard InChI is InChI=1S/C17H16N4O2/c1-2-21-14-8-4-3-7-13(14)16(22)15(20-21)17(23)19-11-12-6-5-9-18-10-12/h3-10H,2,11H2,1H3,(H,19,23). The summed E-state index contributed by atoms with van der Waals surface area (Å²) in [6.45, 7) is 2.79. The van der Waals surface area contributed by atoms with Crippen LogP contribution in [0.1, 0.15) is 23.0 Å². The van der Waals surface area contributed by atoms with E-state index < -0.39 is 5.91 Å². The maximum absolute atomic E-state index is 12.5. The number of pyridine rings is 1. The van der Waals surface area contributed by atoms with Crippen LogP contribution in [0, 0.1) is 0 Å². The first kappa shape index (κ1) is 14.9. The monoisotopic (exact) mass is 308 g/mol. The summed E-state index contributed by atoms with van der Waals surface area (Å²) in [5.41, 5.74) is 1.14. The molecule has 3 aromatic rings. The van der Waals surface area contributed by atoms with Gasteiger partial charge in [0.2, 0.25) is 5.43 Å². The van der Waals surface area contributed by atoms with Crippen LogP contribution in [-0.2, 0) is 13.1 Å². The molecule has 0 bridgehead atoms. The van der Waals surface area contributed by atoms with E-state index in [1.165, 1.54) is 0 Å². The number of fused-ring (bicyclic) bond motifs is 1. The van der Waals surface area contributed by atoms with E-state index in [2.05, 4.69) is 15.4 Å². The molecule has 6 nitrogen and oxygen atoms in total. The lowest BCUT2D eigenvalue weighted by molar-refractivity contribution is 0.0942. The highest BCUT2D eigenvalue weighted by molar-refractivity contribution is 5.95. The van der Waals surface area contributed by atoms with Gasteiger partial charge in [-0.2, -0.15) is 5.10 Å². The summed E-state index contributed by atoms with van der Waals surface area (Å²) in [4.78, 5) is 28.8. The molecule has 3 rings (SSSR count). The Morgan fingerprint density at radius 3 is 2.78 bits per heavy atom. The third-order valence-corrected chi connectivity index (χ3v) is 3.55. The van der Waals surface area contributed by atoms with Crippen molar-refractivity contribution in [1.29, 1.82) is 0 Å². The Kier molecular flexibility index (Phi) is 4.14. The predicted octanol–water partition coefficient (Wildman–Crippen LogP) is 1.74. The van der Waals surface area contributed by atoms with Gasteiger partial charge in [0.05, 0.1) is 5.52 Å². The van der Waals surface area contributed by atoms with Gasteiger partial charge >= 0.3 is 0 Å². The second-order valence-corrected chi connectivity index (χ2v) is 5.05. The lowest BCUT2D eigenvalue weighted by Crippen LogP contribution is -2.31. The van der Waals surface area contributed by atoms with E-state index in [-0.39, 0.29) is 11.1 Å². The van der Waals surface area contributed by atoms with Gasteiger partial charge in [-0.05, 0) is 30.7 Å². The Bertz CT molecular complexity index is 903. The molecular formula is C17H16N4O2. The van der Waals surface area contributed by atoms with Crippen LogP contribution >= 0.6 is 0 Å². The number of benzene rings is 1. The number of carbonyl (C=O) groups is 1. The minimum absolute atomic E-state index is 0.0885. The van der Waals surface area contributed by atoms with E-state index in [1.807, 2.05) is 25.1 Å². The lowest BCUT2D eigenvalue weighted by atomic mass is 10.2. The molecule has 0 atom stereocenters. The first-order valence-electron chi connectivity index (χ1n) is 7.37. The summed E-state index contributed by atoms with van der Waals surface area (Å²) in [6.07, 6.45) is 3.33. The minimum atomic E-state index is -0.480. The SMILES string of the molecule is CCn1nc(C(=O)NCc2cccnc2)c(=O)c2ccccc21. The molecule has 0 aliphatic rings. The second-order valence-electron chi connectivity index (χ2n) is 5.05. The number of hydrogen-bond acceptors (Lipinski definition) is 4. The van der Waals surface area contributed by atoms with Crippen LogP contribution < -0.4 is 10.7 Å². The molecule has 0 aliphatic heterocycles. The van der Waals surface area contributed by atoms with Gasteiger partial charge in [0.25, 0.3) is 5.91 Å². The van der Waals surface area contributed by atoms with E-state index in [0.717, 1.165) is 11.1 Å². The number of amides is 1. The summed E-state index contributed by atoms with van der Waals surface area (Å²) >= 11 is 0. The van der Waals surface area contributed by atoms with Crippen molar-refractivity contribution in [2.24, 2.45) is 0 Å². The molecular weight excluding hydrogens is 292 g/mol. The van der Waals surface area contributed by atoms with Crippen molar-refractivity contribution in [1.82, 2.24) is 20.1 Å². The molecule has 0 saturated carbocycles. The smallest absolute Gasteiger partial charge is 0.276 e. The maximum Gasteiger partial charge on any atom is 0.276 e. The third kappa shape index (κ3) is 2.96. The molecule has 1 amide bonds. The number of rotatable bonds is 4. The highest BCUT2D eigenvalue weighted by atomic mass is 16.2. The first-order valence-corrected chi connectivity index (χ1v) is 7.37. The molecule has 0 spiro atoms. The summed E-state index contributed by atoms with van der Waals surface area (Å²) in [5.74, 6) is -0.480. The Labute approximate surface area is 132 Å². The van der Waals surface area contributed by atoms with Crippen molar-refractivity contribution in [3.05, 3.63) is 70.3 Å². The van der Waals surface area contributed by atoms with Crippen LogP contribution in [0.3, 0.4) is 0 Å². The van der Waals surface area contributed by atoms with E-state index >= 15 is 0 Å². The number of para-hydroxylation sites is 1. The van der Waals surface area contributed by atoms with E-state index in [4.69, 9.17) is 0 Å². The summed E-state index contributed by atoms with van der Waals surface area (Å²) in [6, 6.07) is 10.8. The van der Waals surface area contributed by atoms with Crippen molar-refractivity contribution in [2.75, 3.05) is 0 Å². The fraction of sp³-hybridized carbons (Fsp3) is 0.176. The normalized spacial score (nSPS) is 10.7. The molecule has 0 radical (unpaired) electrons. The van der Waals surface area contributed by atoms with Crippen LogP contribution in [0.5, 0.6) is 0 Å². The Morgan fingerprint density at radius 2 is 2.04 bits per heavy atom. The minimum Gasteiger partial charge on any atom is -0.346 e. The van der Waals surface area contributed by atoms with Gasteiger partial charge in [0.15, 0.2) is 5.69 Å². The van der Waals surface area contributed by atoms with Gasteiger partial charge < -0.3 is 5.32 Å². The average molecular weight is 308 g/mol. The van der Waals surface area contributed by atoms with E-state index in [9.17, 15) is 9.59 Å². The highest BCUT2D eigenvalue weighted by Gasteiger charge is 2.16. The van der Waals surface area contributed by atoms with Crippen molar-refractivity contribution in [3.63, 3.8) is 0 Å². The molecule has 0 aliphatic carbocycles. The number of carbonyl (C=O) groups excluding carboxylic acids is 1. The van der Waals surface area contributed by atoms with Crippen molar-refractivity contribution >= 4 is 16.8 Å². The molecule has 2 heterocycles. The number of hydrogen-bond donors (Lipinski definition) is 1. The molecule has 2 aromatic heterocycles. The lowest BCUT2D eigenvalue weighted by Gasteiger charge is -2.10. The van der Waals surface area contributed by atoms with Crippen molar-refractivity contribution < 1.29 is 4.79 Å². The fourth-order valence-electron chi connectivity index (χ4n) is 2.40. The van der Waals surface area contributed by atoms with Crippen molar-refractivity contribution in [3.8, 4) is 0 Å². The van der Waals surface area contributed by atoms with E-state index in [0.29, 0.717) is 18.5 Å². The van der Waals surface area contributed by atoms with Gasteiger partial charge in [-0.1, -0.05) is 18.2 Å². The molecule has 0 fully saturated rings.